The zero-order valence-corrected chi connectivity index (χ0v) is 14.1. The van der Waals surface area contributed by atoms with E-state index in [1.165, 1.54) is 11.1 Å². The zero-order chi connectivity index (χ0) is 16.8. The fourth-order valence-corrected chi connectivity index (χ4v) is 2.45. The largest absolute Gasteiger partial charge is 0.368 e. The molecule has 0 spiro atoms. The smallest absolute Gasteiger partial charge is 0.249 e. The zero-order valence-electron chi connectivity index (χ0n) is 13.3. The number of hydrogen-bond acceptors (Lipinski definition) is 5. The maximum atomic E-state index is 5.99. The SMILES string of the molecule is Cc1ccc(Nc2nncc(NCCc3cccc(Cl)c3)n2)cc1. The van der Waals surface area contributed by atoms with Crippen molar-refractivity contribution in [3.63, 3.8) is 0 Å². The molecule has 3 rings (SSSR count). The first kappa shape index (κ1) is 16.2. The highest BCUT2D eigenvalue weighted by Gasteiger charge is 2.02. The van der Waals surface area contributed by atoms with Crippen molar-refractivity contribution < 1.29 is 0 Å². The predicted octanol–water partition coefficient (Wildman–Crippen LogP) is 4.23. The molecule has 24 heavy (non-hydrogen) atoms. The lowest BCUT2D eigenvalue weighted by atomic mass is 10.1. The predicted molar refractivity (Wildman–Crippen MR) is 97.9 cm³/mol. The van der Waals surface area contributed by atoms with E-state index in [0.29, 0.717) is 11.8 Å². The van der Waals surface area contributed by atoms with Crippen molar-refractivity contribution in [2.24, 2.45) is 0 Å². The van der Waals surface area contributed by atoms with Crippen LogP contribution < -0.4 is 10.6 Å². The van der Waals surface area contributed by atoms with E-state index in [1.807, 2.05) is 49.4 Å². The van der Waals surface area contributed by atoms with E-state index in [0.717, 1.165) is 23.7 Å². The first-order valence-electron chi connectivity index (χ1n) is 7.71. The third-order valence-electron chi connectivity index (χ3n) is 3.48. The highest BCUT2D eigenvalue weighted by molar-refractivity contribution is 6.30. The minimum atomic E-state index is 0.464. The fourth-order valence-electron chi connectivity index (χ4n) is 2.24. The molecule has 122 valence electrons. The lowest BCUT2D eigenvalue weighted by Gasteiger charge is -2.08. The Hall–Kier alpha value is -2.66. The maximum Gasteiger partial charge on any atom is 0.249 e. The van der Waals surface area contributed by atoms with Gasteiger partial charge in [0, 0.05) is 17.3 Å². The van der Waals surface area contributed by atoms with Crippen LogP contribution in [-0.2, 0) is 6.42 Å². The van der Waals surface area contributed by atoms with Gasteiger partial charge < -0.3 is 10.6 Å². The standard InChI is InChI=1S/C18H18ClN5/c1-13-5-7-16(8-6-13)22-18-23-17(12-21-24-18)20-10-9-14-3-2-4-15(19)11-14/h2-8,11-12H,9-10H2,1H3,(H2,20,22,23,24). The van der Waals surface area contributed by atoms with Gasteiger partial charge >= 0.3 is 0 Å². The van der Waals surface area contributed by atoms with Crippen molar-refractivity contribution in [3.05, 3.63) is 70.9 Å². The van der Waals surface area contributed by atoms with Crippen molar-refractivity contribution in [2.45, 2.75) is 13.3 Å². The van der Waals surface area contributed by atoms with Crippen LogP contribution in [0.4, 0.5) is 17.5 Å². The molecule has 1 heterocycles. The van der Waals surface area contributed by atoms with Crippen molar-refractivity contribution in [1.82, 2.24) is 15.2 Å². The number of benzene rings is 2. The Bertz CT molecular complexity index is 805. The van der Waals surface area contributed by atoms with Gasteiger partial charge in [0.05, 0.1) is 6.20 Å². The Labute approximate surface area is 146 Å². The van der Waals surface area contributed by atoms with Gasteiger partial charge in [0.1, 0.15) is 0 Å². The van der Waals surface area contributed by atoms with Gasteiger partial charge in [-0.05, 0) is 43.2 Å². The van der Waals surface area contributed by atoms with Crippen molar-refractivity contribution >= 4 is 29.1 Å². The summed E-state index contributed by atoms with van der Waals surface area (Å²) in [7, 11) is 0. The summed E-state index contributed by atoms with van der Waals surface area (Å²) < 4.78 is 0. The second kappa shape index (κ2) is 7.75. The molecule has 0 fully saturated rings. The molecule has 0 aliphatic rings. The number of rotatable bonds is 6. The molecule has 5 nitrogen and oxygen atoms in total. The minimum absolute atomic E-state index is 0.464. The van der Waals surface area contributed by atoms with Crippen LogP contribution in [0.1, 0.15) is 11.1 Å². The first-order valence-corrected chi connectivity index (χ1v) is 8.08. The Morgan fingerprint density at radius 1 is 1.08 bits per heavy atom. The van der Waals surface area contributed by atoms with E-state index in [9.17, 15) is 0 Å². The quantitative estimate of drug-likeness (QED) is 0.703. The summed E-state index contributed by atoms with van der Waals surface area (Å²) in [6.07, 6.45) is 2.46. The molecule has 0 aliphatic carbocycles. The second-order valence-corrected chi connectivity index (χ2v) is 5.90. The van der Waals surface area contributed by atoms with Gasteiger partial charge in [-0.25, -0.2) is 0 Å². The summed E-state index contributed by atoms with van der Waals surface area (Å²) in [5.74, 6) is 1.15. The summed E-state index contributed by atoms with van der Waals surface area (Å²) in [4.78, 5) is 4.42. The van der Waals surface area contributed by atoms with E-state index < -0.39 is 0 Å². The lowest BCUT2D eigenvalue weighted by molar-refractivity contribution is 0.950. The fraction of sp³-hybridized carbons (Fsp3) is 0.167. The van der Waals surface area contributed by atoms with E-state index in [4.69, 9.17) is 11.6 Å². The van der Waals surface area contributed by atoms with Gasteiger partial charge in [-0.1, -0.05) is 41.4 Å². The summed E-state index contributed by atoms with van der Waals surface area (Å²) >= 11 is 5.99. The lowest BCUT2D eigenvalue weighted by Crippen LogP contribution is -2.08. The Balaban J connectivity index is 1.57. The molecule has 0 amide bonds. The third kappa shape index (κ3) is 4.67. The first-order chi connectivity index (χ1) is 11.7. The van der Waals surface area contributed by atoms with Gasteiger partial charge in [0.15, 0.2) is 5.82 Å². The molecular formula is C18H18ClN5. The van der Waals surface area contributed by atoms with E-state index in [2.05, 4.69) is 31.9 Å². The molecule has 0 aliphatic heterocycles. The van der Waals surface area contributed by atoms with Gasteiger partial charge in [-0.15, -0.1) is 5.10 Å². The number of aromatic nitrogens is 3. The molecule has 0 atom stereocenters. The Morgan fingerprint density at radius 2 is 1.92 bits per heavy atom. The van der Waals surface area contributed by atoms with Gasteiger partial charge in [0.2, 0.25) is 5.95 Å². The molecule has 0 bridgehead atoms. The van der Waals surface area contributed by atoms with Crippen molar-refractivity contribution in [3.8, 4) is 0 Å². The highest BCUT2D eigenvalue weighted by Crippen LogP contribution is 2.14. The van der Waals surface area contributed by atoms with Crippen LogP contribution in [0.25, 0.3) is 0 Å². The Morgan fingerprint density at radius 3 is 2.71 bits per heavy atom. The van der Waals surface area contributed by atoms with Crippen LogP contribution in [0.5, 0.6) is 0 Å². The van der Waals surface area contributed by atoms with Crippen LogP contribution in [0.3, 0.4) is 0 Å². The number of aryl methyl sites for hydroxylation is 1. The minimum Gasteiger partial charge on any atom is -0.368 e. The molecule has 2 N–H and O–H groups in total. The Kier molecular flexibility index (Phi) is 5.23. The van der Waals surface area contributed by atoms with E-state index in [-0.39, 0.29) is 0 Å². The highest BCUT2D eigenvalue weighted by atomic mass is 35.5. The van der Waals surface area contributed by atoms with Crippen LogP contribution in [-0.4, -0.2) is 21.7 Å². The van der Waals surface area contributed by atoms with Gasteiger partial charge in [0.25, 0.3) is 0 Å². The number of anilines is 3. The maximum absolute atomic E-state index is 5.99. The molecule has 0 radical (unpaired) electrons. The van der Waals surface area contributed by atoms with E-state index >= 15 is 0 Å². The summed E-state index contributed by atoms with van der Waals surface area (Å²) in [5, 5.41) is 15.1. The van der Waals surface area contributed by atoms with Gasteiger partial charge in [-0.3, -0.25) is 0 Å². The average molecular weight is 340 g/mol. The van der Waals surface area contributed by atoms with Crippen LogP contribution in [0, 0.1) is 6.92 Å². The van der Waals surface area contributed by atoms with Crippen LogP contribution in [0.15, 0.2) is 54.7 Å². The molecule has 0 saturated heterocycles. The summed E-state index contributed by atoms with van der Waals surface area (Å²) in [5.41, 5.74) is 3.31. The molecular weight excluding hydrogens is 322 g/mol. The monoisotopic (exact) mass is 339 g/mol. The van der Waals surface area contributed by atoms with Gasteiger partial charge in [-0.2, -0.15) is 10.1 Å². The number of hydrogen-bond donors (Lipinski definition) is 2. The van der Waals surface area contributed by atoms with Crippen molar-refractivity contribution in [1.29, 1.82) is 0 Å². The second-order valence-electron chi connectivity index (χ2n) is 5.46. The molecule has 0 unspecified atom stereocenters. The van der Waals surface area contributed by atoms with E-state index in [1.54, 1.807) is 6.20 Å². The molecule has 0 saturated carbocycles. The summed E-state index contributed by atoms with van der Waals surface area (Å²) in [6.45, 7) is 2.79. The molecule has 2 aromatic carbocycles. The topological polar surface area (TPSA) is 62.7 Å². The average Bonchev–Trinajstić information content (AvgIpc) is 2.58. The number of nitrogens with one attached hydrogen (secondary N) is 2. The molecule has 6 heteroatoms. The number of halogens is 1. The molecule has 1 aromatic heterocycles. The van der Waals surface area contributed by atoms with Crippen molar-refractivity contribution in [2.75, 3.05) is 17.2 Å². The molecule has 3 aromatic rings. The number of nitrogens with zero attached hydrogens (tertiary/aromatic N) is 3. The summed E-state index contributed by atoms with van der Waals surface area (Å²) in [6, 6.07) is 15.9. The van der Waals surface area contributed by atoms with Crippen LogP contribution >= 0.6 is 11.6 Å². The normalized spacial score (nSPS) is 10.4. The van der Waals surface area contributed by atoms with Crippen LogP contribution in [0.2, 0.25) is 5.02 Å². The third-order valence-corrected chi connectivity index (χ3v) is 3.71.